The van der Waals surface area contributed by atoms with Crippen LogP contribution >= 0.6 is 0 Å². The summed E-state index contributed by atoms with van der Waals surface area (Å²) in [4.78, 5) is 8.66. The molecule has 19 heavy (non-hydrogen) atoms. The predicted octanol–water partition coefficient (Wildman–Crippen LogP) is 2.07. The highest BCUT2D eigenvalue weighted by atomic mass is 16.3. The maximum absolute atomic E-state index is 8.99. The average molecular weight is 257 g/mol. The van der Waals surface area contributed by atoms with E-state index in [1.165, 1.54) is 0 Å². The highest BCUT2D eigenvalue weighted by Crippen LogP contribution is 2.25. The van der Waals surface area contributed by atoms with Crippen LogP contribution in [0, 0.1) is 6.92 Å². The Morgan fingerprint density at radius 2 is 2.21 bits per heavy atom. The van der Waals surface area contributed by atoms with Crippen LogP contribution in [0.3, 0.4) is 0 Å². The number of aryl methyl sites for hydroxylation is 1. The molecule has 0 amide bonds. The van der Waals surface area contributed by atoms with Gasteiger partial charge in [0, 0.05) is 26.0 Å². The number of hydrogen-bond acceptors (Lipinski definition) is 4. The van der Waals surface area contributed by atoms with Crippen LogP contribution in [0.15, 0.2) is 28.8 Å². The number of rotatable bonds is 3. The molecule has 0 spiro atoms. The first-order chi connectivity index (χ1) is 9.19. The van der Waals surface area contributed by atoms with E-state index in [0.717, 1.165) is 28.2 Å². The fourth-order valence-electron chi connectivity index (χ4n) is 2.25. The van der Waals surface area contributed by atoms with Crippen molar-refractivity contribution in [2.75, 3.05) is 6.61 Å². The molecule has 0 unspecified atom stereocenters. The number of oxazole rings is 1. The minimum absolute atomic E-state index is 0.103. The number of fused-ring (bicyclic) bond motifs is 1. The maximum atomic E-state index is 8.99. The molecule has 5 heteroatoms. The lowest BCUT2D eigenvalue weighted by Crippen LogP contribution is -2.02. The average Bonchev–Trinajstić information content (AvgIpc) is 2.92. The minimum Gasteiger partial charge on any atom is -0.441 e. The van der Waals surface area contributed by atoms with E-state index in [2.05, 4.69) is 9.97 Å². The minimum atomic E-state index is 0.103. The fraction of sp³-hybridized carbons (Fsp3) is 0.286. The molecule has 0 saturated heterocycles. The third kappa shape index (κ3) is 2.02. The molecule has 0 saturated carbocycles. The van der Waals surface area contributed by atoms with Gasteiger partial charge in [-0.2, -0.15) is 0 Å². The van der Waals surface area contributed by atoms with E-state index in [-0.39, 0.29) is 6.61 Å². The van der Waals surface area contributed by atoms with Crippen molar-refractivity contribution in [1.29, 1.82) is 0 Å². The van der Waals surface area contributed by atoms with Gasteiger partial charge < -0.3 is 14.1 Å². The second kappa shape index (κ2) is 4.51. The van der Waals surface area contributed by atoms with E-state index in [9.17, 15) is 0 Å². The van der Waals surface area contributed by atoms with Crippen molar-refractivity contribution in [1.82, 2.24) is 14.5 Å². The van der Waals surface area contributed by atoms with Crippen molar-refractivity contribution in [3.63, 3.8) is 0 Å². The van der Waals surface area contributed by atoms with E-state index in [1.54, 1.807) is 0 Å². The number of imidazole rings is 1. The standard InChI is InChI=1S/C14H15N3O2/c1-9-16-11-7-10(3-4-13(11)19-9)12-8-15-14(5-6-18)17(12)2/h3-4,7-8,18H,5-6H2,1-2H3. The molecule has 2 aromatic heterocycles. The van der Waals surface area contributed by atoms with Crippen LogP contribution in [0.5, 0.6) is 0 Å². The van der Waals surface area contributed by atoms with E-state index < -0.39 is 0 Å². The van der Waals surface area contributed by atoms with Gasteiger partial charge in [0.25, 0.3) is 0 Å². The van der Waals surface area contributed by atoms with Gasteiger partial charge in [0.05, 0.1) is 18.5 Å². The molecule has 0 aliphatic heterocycles. The topological polar surface area (TPSA) is 64.1 Å². The number of hydrogen-bond donors (Lipinski definition) is 1. The number of aliphatic hydroxyl groups excluding tert-OH is 1. The van der Waals surface area contributed by atoms with Crippen molar-refractivity contribution in [2.24, 2.45) is 7.05 Å². The Morgan fingerprint density at radius 1 is 1.37 bits per heavy atom. The Balaban J connectivity index is 2.08. The lowest BCUT2D eigenvalue weighted by atomic mass is 10.1. The van der Waals surface area contributed by atoms with E-state index in [1.807, 2.05) is 42.9 Å². The quantitative estimate of drug-likeness (QED) is 0.780. The highest BCUT2D eigenvalue weighted by Gasteiger charge is 2.10. The van der Waals surface area contributed by atoms with Gasteiger partial charge in [-0.1, -0.05) is 0 Å². The Morgan fingerprint density at radius 3 is 3.00 bits per heavy atom. The van der Waals surface area contributed by atoms with Crippen LogP contribution in [-0.4, -0.2) is 26.2 Å². The largest absolute Gasteiger partial charge is 0.441 e. The second-order valence-corrected chi connectivity index (χ2v) is 4.51. The zero-order chi connectivity index (χ0) is 13.4. The SMILES string of the molecule is Cc1nc2cc(-c3cnc(CCO)n3C)ccc2o1. The van der Waals surface area contributed by atoms with Crippen LogP contribution < -0.4 is 0 Å². The maximum Gasteiger partial charge on any atom is 0.192 e. The van der Waals surface area contributed by atoms with Crippen molar-refractivity contribution < 1.29 is 9.52 Å². The summed E-state index contributed by atoms with van der Waals surface area (Å²) in [5, 5.41) is 8.99. The summed E-state index contributed by atoms with van der Waals surface area (Å²) in [6, 6.07) is 5.90. The number of nitrogens with zero attached hydrogens (tertiary/aromatic N) is 3. The summed E-state index contributed by atoms with van der Waals surface area (Å²) in [5.41, 5.74) is 3.69. The zero-order valence-corrected chi connectivity index (χ0v) is 10.9. The molecule has 0 fully saturated rings. The Labute approximate surface area is 110 Å². The molecule has 0 aliphatic rings. The molecular formula is C14H15N3O2. The van der Waals surface area contributed by atoms with E-state index >= 15 is 0 Å². The Bertz CT molecular complexity index is 727. The zero-order valence-electron chi connectivity index (χ0n) is 10.9. The first-order valence-electron chi connectivity index (χ1n) is 6.18. The van der Waals surface area contributed by atoms with Crippen LogP contribution in [0.1, 0.15) is 11.7 Å². The van der Waals surface area contributed by atoms with Gasteiger partial charge in [-0.15, -0.1) is 0 Å². The first-order valence-corrected chi connectivity index (χ1v) is 6.18. The number of benzene rings is 1. The molecule has 98 valence electrons. The molecular weight excluding hydrogens is 242 g/mol. The normalized spacial score (nSPS) is 11.3. The van der Waals surface area contributed by atoms with Gasteiger partial charge in [0.1, 0.15) is 11.3 Å². The molecule has 5 nitrogen and oxygen atoms in total. The Hall–Kier alpha value is -2.14. The fourth-order valence-corrected chi connectivity index (χ4v) is 2.25. The van der Waals surface area contributed by atoms with Gasteiger partial charge in [0.15, 0.2) is 11.5 Å². The van der Waals surface area contributed by atoms with Crippen LogP contribution in [0.25, 0.3) is 22.4 Å². The van der Waals surface area contributed by atoms with Crippen LogP contribution in [0.2, 0.25) is 0 Å². The Kier molecular flexibility index (Phi) is 2.83. The van der Waals surface area contributed by atoms with Gasteiger partial charge in [0.2, 0.25) is 0 Å². The number of aromatic nitrogens is 3. The molecule has 0 radical (unpaired) electrons. The molecule has 3 rings (SSSR count). The summed E-state index contributed by atoms with van der Waals surface area (Å²) < 4.78 is 7.46. The molecule has 0 aliphatic carbocycles. The third-order valence-electron chi connectivity index (χ3n) is 3.21. The molecule has 1 N–H and O–H groups in total. The molecule has 0 bridgehead atoms. The van der Waals surface area contributed by atoms with Crippen molar-refractivity contribution in [3.8, 4) is 11.3 Å². The lowest BCUT2D eigenvalue weighted by Gasteiger charge is -2.05. The van der Waals surface area contributed by atoms with E-state index in [0.29, 0.717) is 12.3 Å². The van der Waals surface area contributed by atoms with Gasteiger partial charge in [-0.05, 0) is 18.2 Å². The third-order valence-corrected chi connectivity index (χ3v) is 3.21. The van der Waals surface area contributed by atoms with Crippen molar-refractivity contribution >= 4 is 11.1 Å². The number of aliphatic hydroxyl groups is 1. The summed E-state index contributed by atoms with van der Waals surface area (Å²) in [6.07, 6.45) is 2.38. The monoisotopic (exact) mass is 257 g/mol. The van der Waals surface area contributed by atoms with Gasteiger partial charge >= 0.3 is 0 Å². The molecule has 0 atom stereocenters. The lowest BCUT2D eigenvalue weighted by molar-refractivity contribution is 0.295. The highest BCUT2D eigenvalue weighted by molar-refractivity contribution is 5.79. The van der Waals surface area contributed by atoms with Crippen molar-refractivity contribution in [3.05, 3.63) is 36.1 Å². The smallest absolute Gasteiger partial charge is 0.192 e. The molecule has 2 heterocycles. The van der Waals surface area contributed by atoms with Gasteiger partial charge in [-0.25, -0.2) is 9.97 Å². The summed E-state index contributed by atoms with van der Waals surface area (Å²) in [7, 11) is 1.95. The van der Waals surface area contributed by atoms with Crippen molar-refractivity contribution in [2.45, 2.75) is 13.3 Å². The van der Waals surface area contributed by atoms with E-state index in [4.69, 9.17) is 9.52 Å². The van der Waals surface area contributed by atoms with Crippen LogP contribution in [0.4, 0.5) is 0 Å². The summed E-state index contributed by atoms with van der Waals surface area (Å²) in [5.74, 6) is 1.53. The summed E-state index contributed by atoms with van der Waals surface area (Å²) in [6.45, 7) is 1.94. The van der Waals surface area contributed by atoms with Gasteiger partial charge in [-0.3, -0.25) is 0 Å². The van der Waals surface area contributed by atoms with Crippen LogP contribution in [-0.2, 0) is 13.5 Å². The predicted molar refractivity (Wildman–Crippen MR) is 71.7 cm³/mol. The first kappa shape index (κ1) is 11.9. The molecule has 1 aromatic carbocycles. The second-order valence-electron chi connectivity index (χ2n) is 4.51. The molecule has 3 aromatic rings. The summed E-state index contributed by atoms with van der Waals surface area (Å²) >= 11 is 0.